The van der Waals surface area contributed by atoms with E-state index < -0.39 is 0 Å². The summed E-state index contributed by atoms with van der Waals surface area (Å²) in [6.45, 7) is 8.13. The van der Waals surface area contributed by atoms with E-state index in [1.54, 1.807) is 0 Å². The Morgan fingerprint density at radius 2 is 2.15 bits per heavy atom. The SMILES string of the molecule is CCNC(=NCc1nnc(C)n1C)NC(C)C1COc2ccccc21.I. The van der Waals surface area contributed by atoms with E-state index in [1.165, 1.54) is 5.56 Å². The van der Waals surface area contributed by atoms with Gasteiger partial charge in [0.1, 0.15) is 18.1 Å². The maximum atomic E-state index is 5.80. The Morgan fingerprint density at radius 3 is 2.85 bits per heavy atom. The second-order valence-electron chi connectivity index (χ2n) is 6.31. The minimum atomic E-state index is 0. The van der Waals surface area contributed by atoms with Crippen LogP contribution in [0.5, 0.6) is 5.75 Å². The molecule has 1 aliphatic heterocycles. The van der Waals surface area contributed by atoms with Crippen molar-refractivity contribution in [3.8, 4) is 5.75 Å². The van der Waals surface area contributed by atoms with Crippen LogP contribution in [0, 0.1) is 6.92 Å². The molecule has 3 rings (SSSR count). The number of halogens is 1. The van der Waals surface area contributed by atoms with Crippen LogP contribution in [0.2, 0.25) is 0 Å². The van der Waals surface area contributed by atoms with E-state index in [4.69, 9.17) is 4.74 Å². The lowest BCUT2D eigenvalue weighted by molar-refractivity contribution is 0.312. The first-order valence-electron chi connectivity index (χ1n) is 8.71. The van der Waals surface area contributed by atoms with Crippen molar-refractivity contribution in [2.24, 2.45) is 12.0 Å². The standard InChI is InChI=1S/C18H26N6O.HI/c1-5-19-18(20-10-17-23-22-13(3)24(17)4)21-12(2)15-11-25-16-9-7-6-8-14(15)16;/h6-9,12,15H,5,10-11H2,1-4H3,(H2,19,20,21);1H. The predicted molar refractivity (Wildman–Crippen MR) is 113 cm³/mol. The smallest absolute Gasteiger partial charge is 0.191 e. The Balaban J connectivity index is 0.00000243. The summed E-state index contributed by atoms with van der Waals surface area (Å²) in [5, 5.41) is 15.0. The Morgan fingerprint density at radius 1 is 1.38 bits per heavy atom. The van der Waals surface area contributed by atoms with Gasteiger partial charge in [0.15, 0.2) is 11.8 Å². The summed E-state index contributed by atoms with van der Waals surface area (Å²) >= 11 is 0. The molecular weight excluding hydrogens is 443 g/mol. The molecular formula is C18H27IN6O. The molecule has 1 aromatic carbocycles. The molecule has 2 heterocycles. The third kappa shape index (κ3) is 4.46. The fraction of sp³-hybridized carbons (Fsp3) is 0.500. The summed E-state index contributed by atoms with van der Waals surface area (Å²) in [7, 11) is 1.95. The summed E-state index contributed by atoms with van der Waals surface area (Å²) in [4.78, 5) is 4.66. The van der Waals surface area contributed by atoms with Crippen molar-refractivity contribution < 1.29 is 4.74 Å². The van der Waals surface area contributed by atoms with E-state index in [-0.39, 0.29) is 30.0 Å². The first kappa shape index (κ1) is 20.5. The second-order valence-corrected chi connectivity index (χ2v) is 6.31. The van der Waals surface area contributed by atoms with E-state index in [0.717, 1.165) is 29.9 Å². The largest absolute Gasteiger partial charge is 0.493 e. The van der Waals surface area contributed by atoms with Gasteiger partial charge in [-0.2, -0.15) is 0 Å². The highest BCUT2D eigenvalue weighted by atomic mass is 127. The molecule has 0 radical (unpaired) electrons. The van der Waals surface area contributed by atoms with Crippen LogP contribution in [-0.4, -0.2) is 39.9 Å². The number of ether oxygens (including phenoxy) is 1. The highest BCUT2D eigenvalue weighted by molar-refractivity contribution is 14.0. The number of guanidine groups is 1. The van der Waals surface area contributed by atoms with Gasteiger partial charge in [0.05, 0.1) is 6.61 Å². The van der Waals surface area contributed by atoms with E-state index in [9.17, 15) is 0 Å². The van der Waals surface area contributed by atoms with E-state index in [1.807, 2.05) is 30.7 Å². The number of aromatic nitrogens is 3. The van der Waals surface area contributed by atoms with Gasteiger partial charge in [-0.3, -0.25) is 0 Å². The van der Waals surface area contributed by atoms with Crippen molar-refractivity contribution in [2.75, 3.05) is 13.2 Å². The zero-order chi connectivity index (χ0) is 17.8. The van der Waals surface area contributed by atoms with E-state index in [2.05, 4.69) is 51.8 Å². The van der Waals surface area contributed by atoms with Crippen molar-refractivity contribution in [3.63, 3.8) is 0 Å². The molecule has 2 aromatic rings. The molecule has 0 aliphatic carbocycles. The zero-order valence-electron chi connectivity index (χ0n) is 15.7. The summed E-state index contributed by atoms with van der Waals surface area (Å²) in [6, 6.07) is 8.43. The quantitative estimate of drug-likeness (QED) is 0.399. The molecule has 2 atom stereocenters. The molecule has 0 saturated heterocycles. The van der Waals surface area contributed by atoms with Crippen LogP contribution in [0.1, 0.15) is 37.0 Å². The van der Waals surface area contributed by atoms with E-state index >= 15 is 0 Å². The van der Waals surface area contributed by atoms with Crippen LogP contribution >= 0.6 is 24.0 Å². The number of rotatable bonds is 5. The Bertz CT molecular complexity index is 760. The molecule has 1 aliphatic rings. The highest BCUT2D eigenvalue weighted by Gasteiger charge is 2.29. The van der Waals surface area contributed by atoms with Gasteiger partial charge in [-0.05, 0) is 26.8 Å². The second kappa shape index (κ2) is 9.20. The van der Waals surface area contributed by atoms with Crippen molar-refractivity contribution in [1.82, 2.24) is 25.4 Å². The van der Waals surface area contributed by atoms with Crippen molar-refractivity contribution in [3.05, 3.63) is 41.5 Å². The summed E-state index contributed by atoms with van der Waals surface area (Å²) < 4.78 is 7.76. The van der Waals surface area contributed by atoms with Gasteiger partial charge in [0, 0.05) is 31.1 Å². The van der Waals surface area contributed by atoms with Gasteiger partial charge >= 0.3 is 0 Å². The zero-order valence-corrected chi connectivity index (χ0v) is 18.0. The molecule has 7 nitrogen and oxygen atoms in total. The first-order chi connectivity index (χ1) is 12.1. The van der Waals surface area contributed by atoms with Gasteiger partial charge < -0.3 is 19.9 Å². The highest BCUT2D eigenvalue weighted by Crippen LogP contribution is 2.35. The Kier molecular flexibility index (Phi) is 7.24. The van der Waals surface area contributed by atoms with Gasteiger partial charge in [-0.1, -0.05) is 18.2 Å². The van der Waals surface area contributed by atoms with Crippen LogP contribution in [0.15, 0.2) is 29.3 Å². The average molecular weight is 470 g/mol. The van der Waals surface area contributed by atoms with Crippen molar-refractivity contribution >= 4 is 29.9 Å². The fourth-order valence-corrected chi connectivity index (χ4v) is 2.98. The maximum absolute atomic E-state index is 5.80. The Labute approximate surface area is 171 Å². The summed E-state index contributed by atoms with van der Waals surface area (Å²) in [6.07, 6.45) is 0. The van der Waals surface area contributed by atoms with Gasteiger partial charge in [-0.15, -0.1) is 34.2 Å². The molecule has 2 N–H and O–H groups in total. The van der Waals surface area contributed by atoms with Crippen molar-refractivity contribution in [2.45, 2.75) is 39.3 Å². The topological polar surface area (TPSA) is 76.4 Å². The molecule has 0 bridgehead atoms. The summed E-state index contributed by atoms with van der Waals surface area (Å²) in [5.41, 5.74) is 1.25. The van der Waals surface area contributed by atoms with Crippen LogP contribution in [0.25, 0.3) is 0 Å². The maximum Gasteiger partial charge on any atom is 0.191 e. The first-order valence-corrected chi connectivity index (χ1v) is 8.71. The molecule has 142 valence electrons. The number of aliphatic imine (C=N–C) groups is 1. The molecule has 0 fully saturated rings. The lowest BCUT2D eigenvalue weighted by atomic mass is 9.94. The number of nitrogens with zero attached hydrogens (tertiary/aromatic N) is 4. The monoisotopic (exact) mass is 470 g/mol. The molecule has 2 unspecified atom stereocenters. The predicted octanol–water partition coefficient (Wildman–Crippen LogP) is 2.36. The third-order valence-electron chi connectivity index (χ3n) is 4.61. The number of para-hydroxylation sites is 1. The molecule has 26 heavy (non-hydrogen) atoms. The number of aryl methyl sites for hydroxylation is 1. The lowest BCUT2D eigenvalue weighted by Crippen LogP contribution is -2.45. The molecule has 1 aromatic heterocycles. The third-order valence-corrected chi connectivity index (χ3v) is 4.61. The minimum absolute atomic E-state index is 0. The van der Waals surface area contributed by atoms with Crippen LogP contribution in [0.3, 0.4) is 0 Å². The molecule has 0 saturated carbocycles. The minimum Gasteiger partial charge on any atom is -0.493 e. The number of hydrogen-bond acceptors (Lipinski definition) is 4. The van der Waals surface area contributed by atoms with Gasteiger partial charge in [0.25, 0.3) is 0 Å². The van der Waals surface area contributed by atoms with Gasteiger partial charge in [0.2, 0.25) is 0 Å². The molecule has 8 heteroatoms. The van der Waals surface area contributed by atoms with E-state index in [0.29, 0.717) is 19.1 Å². The van der Waals surface area contributed by atoms with Crippen LogP contribution < -0.4 is 15.4 Å². The lowest BCUT2D eigenvalue weighted by Gasteiger charge is -2.22. The number of benzene rings is 1. The Hall–Kier alpha value is -1.84. The van der Waals surface area contributed by atoms with Crippen LogP contribution in [-0.2, 0) is 13.6 Å². The molecule has 0 amide bonds. The van der Waals surface area contributed by atoms with Gasteiger partial charge in [-0.25, -0.2) is 4.99 Å². The molecule has 0 spiro atoms. The number of nitrogens with one attached hydrogen (secondary N) is 2. The van der Waals surface area contributed by atoms with Crippen LogP contribution in [0.4, 0.5) is 0 Å². The summed E-state index contributed by atoms with van der Waals surface area (Å²) in [5.74, 6) is 3.79. The van der Waals surface area contributed by atoms with Crippen molar-refractivity contribution in [1.29, 1.82) is 0 Å². The average Bonchev–Trinajstić information content (AvgIpc) is 3.18. The fourth-order valence-electron chi connectivity index (χ4n) is 2.98. The number of hydrogen-bond donors (Lipinski definition) is 2. The normalized spacial score (nSPS) is 17.1. The number of fused-ring (bicyclic) bond motifs is 1.